The van der Waals surface area contributed by atoms with Crippen LogP contribution in [0.3, 0.4) is 0 Å². The van der Waals surface area contributed by atoms with Crippen LogP contribution in [0.2, 0.25) is 0 Å². The second-order valence-electron chi connectivity index (χ2n) is 5.50. The molecule has 1 aromatic carbocycles. The van der Waals surface area contributed by atoms with E-state index in [1.54, 1.807) is 12.4 Å². The lowest BCUT2D eigenvalue weighted by Gasteiger charge is -2.03. The quantitative estimate of drug-likeness (QED) is 0.307. The van der Waals surface area contributed by atoms with Gasteiger partial charge in [0.1, 0.15) is 12.3 Å². The van der Waals surface area contributed by atoms with E-state index in [4.69, 9.17) is 4.84 Å². The predicted octanol–water partition coefficient (Wildman–Crippen LogP) is 5.86. The zero-order chi connectivity index (χ0) is 17.0. The molecule has 4 heteroatoms. The second kappa shape index (κ2) is 10.8. The van der Waals surface area contributed by atoms with Crippen molar-refractivity contribution in [2.45, 2.75) is 32.6 Å². The van der Waals surface area contributed by atoms with Gasteiger partial charge in [-0.3, -0.25) is 4.98 Å². The van der Waals surface area contributed by atoms with Gasteiger partial charge in [-0.05, 0) is 48.7 Å². The van der Waals surface area contributed by atoms with Crippen LogP contribution in [0.1, 0.15) is 43.7 Å². The van der Waals surface area contributed by atoms with Gasteiger partial charge in [-0.15, -0.1) is 0 Å². The predicted molar refractivity (Wildman–Crippen MR) is 104 cm³/mol. The third-order valence-corrected chi connectivity index (χ3v) is 4.04. The van der Waals surface area contributed by atoms with Crippen LogP contribution in [0.15, 0.2) is 64.5 Å². The average Bonchev–Trinajstić information content (AvgIpc) is 2.62. The number of allylic oxidation sites excluding steroid dienone is 1. The summed E-state index contributed by atoms with van der Waals surface area (Å²) in [5.41, 5.74) is 2.83. The lowest BCUT2D eigenvalue weighted by molar-refractivity contribution is 0.140. The number of oxime groups is 1. The van der Waals surface area contributed by atoms with Gasteiger partial charge in [0.2, 0.25) is 0 Å². The maximum absolute atomic E-state index is 5.51. The molecule has 0 fully saturated rings. The number of benzene rings is 1. The van der Waals surface area contributed by atoms with Crippen LogP contribution in [0.4, 0.5) is 0 Å². The van der Waals surface area contributed by atoms with Crippen molar-refractivity contribution in [1.82, 2.24) is 4.98 Å². The lowest BCUT2D eigenvalue weighted by Crippen LogP contribution is -2.00. The molecule has 0 spiro atoms. The van der Waals surface area contributed by atoms with Gasteiger partial charge in [-0.1, -0.05) is 59.1 Å². The first kappa shape index (κ1) is 18.4. The Hall–Kier alpha value is -1.94. The van der Waals surface area contributed by atoms with Gasteiger partial charge in [0.15, 0.2) is 0 Å². The van der Waals surface area contributed by atoms with E-state index in [1.807, 2.05) is 48.6 Å². The van der Waals surface area contributed by atoms with Crippen LogP contribution in [-0.4, -0.2) is 17.3 Å². The summed E-state index contributed by atoms with van der Waals surface area (Å²) in [5.74, 6) is 0. The summed E-state index contributed by atoms with van der Waals surface area (Å²) in [6.07, 6.45) is 12.2. The molecule has 0 aliphatic heterocycles. The molecule has 0 atom stereocenters. The standard InChI is InChI=1S/C20H23BrN2O/c1-2-3-4-5-15-24-23-20(18-7-6-14-22-16-18)13-10-17-8-11-19(21)12-9-17/h6-14,16H,2-5,15H2,1H3/b13-10+,23-20-. The zero-order valence-corrected chi connectivity index (χ0v) is 15.6. The first-order valence-electron chi connectivity index (χ1n) is 8.33. The molecule has 1 heterocycles. The van der Waals surface area contributed by atoms with E-state index >= 15 is 0 Å². The highest BCUT2D eigenvalue weighted by Crippen LogP contribution is 2.12. The van der Waals surface area contributed by atoms with Crippen molar-refractivity contribution in [2.75, 3.05) is 6.61 Å². The fourth-order valence-corrected chi connectivity index (χ4v) is 2.42. The molecule has 0 amide bonds. The van der Waals surface area contributed by atoms with Crippen LogP contribution in [0.25, 0.3) is 6.08 Å². The number of nitrogens with zero attached hydrogens (tertiary/aromatic N) is 2. The molecule has 0 N–H and O–H groups in total. The number of hydrogen-bond acceptors (Lipinski definition) is 3. The number of halogens is 1. The fraction of sp³-hybridized carbons (Fsp3) is 0.300. The molecule has 0 unspecified atom stereocenters. The van der Waals surface area contributed by atoms with Crippen molar-refractivity contribution in [2.24, 2.45) is 5.16 Å². The van der Waals surface area contributed by atoms with Gasteiger partial charge in [-0.2, -0.15) is 0 Å². The van der Waals surface area contributed by atoms with E-state index in [-0.39, 0.29) is 0 Å². The Balaban J connectivity index is 2.04. The van der Waals surface area contributed by atoms with Crippen molar-refractivity contribution in [3.63, 3.8) is 0 Å². The second-order valence-corrected chi connectivity index (χ2v) is 6.41. The van der Waals surface area contributed by atoms with E-state index in [9.17, 15) is 0 Å². The SMILES string of the molecule is CCCCCCO/N=C(/C=C/c1ccc(Br)cc1)c1cccnc1. The van der Waals surface area contributed by atoms with Crippen LogP contribution >= 0.6 is 15.9 Å². The van der Waals surface area contributed by atoms with Gasteiger partial charge in [0, 0.05) is 22.4 Å². The molecule has 3 nitrogen and oxygen atoms in total. The fourth-order valence-electron chi connectivity index (χ4n) is 2.15. The van der Waals surface area contributed by atoms with Crippen LogP contribution < -0.4 is 0 Å². The van der Waals surface area contributed by atoms with Crippen molar-refractivity contribution >= 4 is 27.7 Å². The minimum absolute atomic E-state index is 0.649. The smallest absolute Gasteiger partial charge is 0.117 e. The summed E-state index contributed by atoms with van der Waals surface area (Å²) < 4.78 is 1.07. The molecule has 2 rings (SSSR count). The van der Waals surface area contributed by atoms with E-state index < -0.39 is 0 Å². The summed E-state index contributed by atoms with van der Waals surface area (Å²) in [4.78, 5) is 9.67. The molecule has 2 aromatic rings. The largest absolute Gasteiger partial charge is 0.395 e. The molecule has 0 radical (unpaired) electrons. The van der Waals surface area contributed by atoms with E-state index in [2.05, 4.69) is 33.0 Å². The van der Waals surface area contributed by atoms with E-state index in [0.29, 0.717) is 6.61 Å². The number of hydrogen-bond donors (Lipinski definition) is 0. The van der Waals surface area contributed by atoms with Gasteiger partial charge < -0.3 is 4.84 Å². The van der Waals surface area contributed by atoms with Crippen LogP contribution in [0.5, 0.6) is 0 Å². The van der Waals surface area contributed by atoms with Gasteiger partial charge >= 0.3 is 0 Å². The molecule has 126 valence electrons. The maximum atomic E-state index is 5.51. The Bertz CT molecular complexity index is 651. The number of rotatable bonds is 9. The summed E-state index contributed by atoms with van der Waals surface area (Å²) in [7, 11) is 0. The van der Waals surface area contributed by atoms with E-state index in [0.717, 1.165) is 27.7 Å². The molecule has 0 saturated heterocycles. The molecule has 0 saturated carbocycles. The molecular formula is C20H23BrN2O. The number of pyridine rings is 1. The third-order valence-electron chi connectivity index (χ3n) is 3.51. The minimum Gasteiger partial charge on any atom is -0.395 e. The lowest BCUT2D eigenvalue weighted by atomic mass is 10.1. The molecule has 0 aliphatic rings. The third kappa shape index (κ3) is 6.67. The summed E-state index contributed by atoms with van der Waals surface area (Å²) in [6.45, 7) is 2.85. The molecule has 24 heavy (non-hydrogen) atoms. The van der Waals surface area contributed by atoms with Crippen molar-refractivity contribution in [3.05, 3.63) is 70.5 Å². The van der Waals surface area contributed by atoms with Crippen molar-refractivity contribution in [1.29, 1.82) is 0 Å². The highest BCUT2D eigenvalue weighted by atomic mass is 79.9. The molecule has 0 aliphatic carbocycles. The van der Waals surface area contributed by atoms with Gasteiger partial charge in [-0.25, -0.2) is 0 Å². The summed E-state index contributed by atoms with van der Waals surface area (Å²) in [6, 6.07) is 12.0. The Morgan fingerprint density at radius 2 is 2.00 bits per heavy atom. The highest BCUT2D eigenvalue weighted by molar-refractivity contribution is 9.10. The highest BCUT2D eigenvalue weighted by Gasteiger charge is 2.01. The zero-order valence-electron chi connectivity index (χ0n) is 14.0. The first-order valence-corrected chi connectivity index (χ1v) is 9.13. The number of unbranched alkanes of at least 4 members (excludes halogenated alkanes) is 3. The molecular weight excluding hydrogens is 364 g/mol. The monoisotopic (exact) mass is 386 g/mol. The topological polar surface area (TPSA) is 34.5 Å². The Morgan fingerprint density at radius 3 is 2.71 bits per heavy atom. The Morgan fingerprint density at radius 1 is 1.17 bits per heavy atom. The van der Waals surface area contributed by atoms with Crippen LogP contribution in [0, 0.1) is 0 Å². The van der Waals surface area contributed by atoms with Crippen LogP contribution in [-0.2, 0) is 4.84 Å². The van der Waals surface area contributed by atoms with Crippen molar-refractivity contribution in [3.8, 4) is 0 Å². The minimum atomic E-state index is 0.649. The molecule has 1 aromatic heterocycles. The summed E-state index contributed by atoms with van der Waals surface area (Å²) in [5, 5.41) is 4.30. The van der Waals surface area contributed by atoms with Crippen molar-refractivity contribution < 1.29 is 4.84 Å². The average molecular weight is 387 g/mol. The van der Waals surface area contributed by atoms with Gasteiger partial charge in [0.25, 0.3) is 0 Å². The Labute approximate surface area is 152 Å². The number of aromatic nitrogens is 1. The maximum Gasteiger partial charge on any atom is 0.117 e. The van der Waals surface area contributed by atoms with E-state index in [1.165, 1.54) is 19.3 Å². The normalized spacial score (nSPS) is 11.8. The van der Waals surface area contributed by atoms with Gasteiger partial charge in [0.05, 0.1) is 0 Å². The molecule has 0 bridgehead atoms. The first-order chi connectivity index (χ1) is 11.8. The Kier molecular flexibility index (Phi) is 8.25. The summed E-state index contributed by atoms with van der Waals surface area (Å²) >= 11 is 3.45.